The number of carbonyl (C=O) groups is 2. The number of carbonyl (C=O) groups excluding carboxylic acids is 2. The molecule has 0 fully saturated rings. The number of ether oxygens (including phenoxy) is 1. The zero-order chi connectivity index (χ0) is 27.2. The lowest BCUT2D eigenvalue weighted by atomic mass is 10.1. The van der Waals surface area contributed by atoms with Crippen LogP contribution in [0.3, 0.4) is 0 Å². The molecule has 0 bridgehead atoms. The van der Waals surface area contributed by atoms with E-state index >= 15 is 0 Å². The lowest BCUT2D eigenvalue weighted by Crippen LogP contribution is -2.51. The first-order chi connectivity index (χ1) is 16.8. The van der Waals surface area contributed by atoms with E-state index < -0.39 is 45.0 Å². The zero-order valence-corrected chi connectivity index (χ0v) is 22.4. The van der Waals surface area contributed by atoms with Gasteiger partial charge in [0.05, 0.1) is 18.3 Å². The van der Waals surface area contributed by atoms with Crippen LogP contribution in [0.25, 0.3) is 0 Å². The fraction of sp³-hybridized carbons (Fsp3) is 0.364. The van der Waals surface area contributed by atoms with Gasteiger partial charge in [0.25, 0.3) is 5.69 Å². The summed E-state index contributed by atoms with van der Waals surface area (Å²) in [6, 6.07) is 7.02. The fourth-order valence-electron chi connectivity index (χ4n) is 3.32. The Kier molecular flexibility index (Phi) is 9.91. The van der Waals surface area contributed by atoms with E-state index in [9.17, 15) is 28.1 Å². The minimum Gasteiger partial charge on any atom is -0.495 e. The Morgan fingerprint density at radius 1 is 1.19 bits per heavy atom. The summed E-state index contributed by atoms with van der Waals surface area (Å²) in [5.74, 6) is -1.21. The molecule has 11 nitrogen and oxygen atoms in total. The molecule has 0 unspecified atom stereocenters. The molecule has 0 aromatic heterocycles. The first kappa shape index (κ1) is 29.1. The van der Waals surface area contributed by atoms with Crippen LogP contribution >= 0.6 is 23.2 Å². The molecule has 2 aromatic carbocycles. The first-order valence-electron chi connectivity index (χ1n) is 10.6. The highest BCUT2D eigenvalue weighted by atomic mass is 35.5. The summed E-state index contributed by atoms with van der Waals surface area (Å²) in [7, 11) is -2.86. The number of nitrogens with zero attached hydrogens (tertiary/aromatic N) is 3. The van der Waals surface area contributed by atoms with Crippen LogP contribution in [0.5, 0.6) is 5.75 Å². The van der Waals surface area contributed by atoms with Crippen molar-refractivity contribution in [2.24, 2.45) is 0 Å². The maximum atomic E-state index is 13.5. The molecule has 2 rings (SSSR count). The largest absolute Gasteiger partial charge is 0.495 e. The van der Waals surface area contributed by atoms with Crippen molar-refractivity contribution in [1.82, 2.24) is 10.2 Å². The molecule has 1 N–H and O–H groups in total. The third-order valence-corrected chi connectivity index (χ3v) is 6.91. The van der Waals surface area contributed by atoms with Gasteiger partial charge < -0.3 is 15.0 Å². The van der Waals surface area contributed by atoms with E-state index in [-0.39, 0.29) is 23.0 Å². The summed E-state index contributed by atoms with van der Waals surface area (Å²) in [5.41, 5.74) is -0.116. The van der Waals surface area contributed by atoms with E-state index in [0.29, 0.717) is 21.4 Å². The number of nitro groups is 1. The molecule has 0 aliphatic heterocycles. The van der Waals surface area contributed by atoms with Gasteiger partial charge >= 0.3 is 0 Å². The number of nitrogens with one attached hydrogen (secondary N) is 1. The summed E-state index contributed by atoms with van der Waals surface area (Å²) in [4.78, 5) is 37.9. The number of sulfonamides is 1. The van der Waals surface area contributed by atoms with E-state index in [1.165, 1.54) is 31.1 Å². The van der Waals surface area contributed by atoms with Crippen molar-refractivity contribution >= 4 is 56.4 Å². The van der Waals surface area contributed by atoms with Gasteiger partial charge in [0.15, 0.2) is 0 Å². The number of rotatable bonds is 11. The van der Waals surface area contributed by atoms with Crippen LogP contribution < -0.4 is 14.4 Å². The molecule has 0 spiro atoms. The fourth-order valence-corrected chi connectivity index (χ4v) is 4.63. The van der Waals surface area contributed by atoms with Crippen LogP contribution in [0.15, 0.2) is 36.4 Å². The third-order valence-electron chi connectivity index (χ3n) is 5.20. The summed E-state index contributed by atoms with van der Waals surface area (Å²) in [5, 5.41) is 14.6. The number of amides is 2. The highest BCUT2D eigenvalue weighted by Gasteiger charge is 2.32. The van der Waals surface area contributed by atoms with Gasteiger partial charge in [-0.3, -0.25) is 24.0 Å². The standard InChI is InChI=1S/C22H26Cl2N4O7S/c1-5-25-22(30)14(2)26(12-15-6-7-16(23)10-18(15)24)21(29)13-27(36(4,33)34)19-11-17(28(31)32)8-9-20(19)35-3/h6-11,14H,5,12-13H2,1-4H3,(H,25,30)/t14-/m0/s1. The molecule has 196 valence electrons. The average molecular weight is 561 g/mol. The van der Waals surface area contributed by atoms with Crippen LogP contribution in [0.4, 0.5) is 11.4 Å². The number of non-ortho nitro benzene ring substituents is 1. The molecule has 36 heavy (non-hydrogen) atoms. The molecule has 2 amide bonds. The van der Waals surface area contributed by atoms with E-state index in [1.807, 2.05) is 0 Å². The molecule has 2 aromatic rings. The molecule has 0 radical (unpaired) electrons. The number of hydrogen-bond acceptors (Lipinski definition) is 7. The molecular weight excluding hydrogens is 535 g/mol. The molecular formula is C22H26Cl2N4O7S. The van der Waals surface area contributed by atoms with Crippen molar-refractivity contribution < 1.29 is 27.7 Å². The second-order valence-corrected chi connectivity index (χ2v) is 10.5. The molecule has 0 saturated carbocycles. The molecule has 0 aliphatic rings. The Morgan fingerprint density at radius 2 is 1.86 bits per heavy atom. The summed E-state index contributed by atoms with van der Waals surface area (Å²) in [6.07, 6.45) is 0.853. The lowest BCUT2D eigenvalue weighted by molar-refractivity contribution is -0.384. The van der Waals surface area contributed by atoms with Gasteiger partial charge in [-0.1, -0.05) is 29.3 Å². The van der Waals surface area contributed by atoms with Crippen molar-refractivity contribution in [3.8, 4) is 5.75 Å². The summed E-state index contributed by atoms with van der Waals surface area (Å²) in [6.45, 7) is 2.63. The predicted octanol–water partition coefficient (Wildman–Crippen LogP) is 3.23. The topological polar surface area (TPSA) is 139 Å². The number of likely N-dealkylation sites (N-methyl/N-ethyl adjacent to an activating group) is 1. The first-order valence-corrected chi connectivity index (χ1v) is 13.2. The molecule has 0 aliphatic carbocycles. The minimum absolute atomic E-state index is 0.00268. The number of anilines is 1. The normalized spacial score (nSPS) is 11.9. The van der Waals surface area contributed by atoms with Crippen molar-refractivity contribution in [1.29, 1.82) is 0 Å². The lowest BCUT2D eigenvalue weighted by Gasteiger charge is -2.32. The smallest absolute Gasteiger partial charge is 0.271 e. The van der Waals surface area contributed by atoms with Gasteiger partial charge in [-0.25, -0.2) is 8.42 Å². The number of nitro benzene ring substituents is 1. The average Bonchev–Trinajstić information content (AvgIpc) is 2.80. The number of benzene rings is 2. The van der Waals surface area contributed by atoms with E-state index in [4.69, 9.17) is 27.9 Å². The molecule has 14 heteroatoms. The van der Waals surface area contributed by atoms with Crippen LogP contribution in [0.1, 0.15) is 19.4 Å². The Labute approximate surface area is 219 Å². The second-order valence-electron chi connectivity index (χ2n) is 7.71. The number of halogens is 2. The highest BCUT2D eigenvalue weighted by Crippen LogP contribution is 2.34. The highest BCUT2D eigenvalue weighted by molar-refractivity contribution is 7.92. The predicted molar refractivity (Wildman–Crippen MR) is 137 cm³/mol. The Bertz CT molecular complexity index is 1260. The maximum absolute atomic E-state index is 13.5. The molecule has 0 saturated heterocycles. The van der Waals surface area contributed by atoms with Crippen molar-refractivity contribution in [3.63, 3.8) is 0 Å². The van der Waals surface area contributed by atoms with Crippen LogP contribution in [0, 0.1) is 10.1 Å². The summed E-state index contributed by atoms with van der Waals surface area (Å²) < 4.78 is 31.3. The van der Waals surface area contributed by atoms with Crippen molar-refractivity contribution in [3.05, 3.63) is 62.1 Å². The van der Waals surface area contributed by atoms with Gasteiger partial charge in [-0.15, -0.1) is 0 Å². The Hall–Kier alpha value is -3.09. The Balaban J connectivity index is 2.54. The summed E-state index contributed by atoms with van der Waals surface area (Å²) >= 11 is 12.2. The van der Waals surface area contributed by atoms with Gasteiger partial charge in [-0.05, 0) is 37.6 Å². The minimum atomic E-state index is -4.13. The quantitative estimate of drug-likeness (QED) is 0.328. The number of hydrogen-bond donors (Lipinski definition) is 1. The van der Waals surface area contributed by atoms with Gasteiger partial charge in [0.2, 0.25) is 21.8 Å². The van der Waals surface area contributed by atoms with Crippen LogP contribution in [-0.2, 0) is 26.2 Å². The van der Waals surface area contributed by atoms with E-state index in [1.54, 1.807) is 19.1 Å². The number of methoxy groups -OCH3 is 1. The Morgan fingerprint density at radius 3 is 2.39 bits per heavy atom. The van der Waals surface area contributed by atoms with Crippen LogP contribution in [-0.4, -0.2) is 62.6 Å². The van der Waals surface area contributed by atoms with Crippen LogP contribution in [0.2, 0.25) is 10.0 Å². The van der Waals surface area contributed by atoms with E-state index in [2.05, 4.69) is 5.32 Å². The van der Waals surface area contributed by atoms with E-state index in [0.717, 1.165) is 18.4 Å². The van der Waals surface area contributed by atoms with Gasteiger partial charge in [0.1, 0.15) is 24.0 Å². The second kappa shape index (κ2) is 12.2. The zero-order valence-electron chi connectivity index (χ0n) is 20.0. The SMILES string of the molecule is CCNC(=O)[C@H](C)N(Cc1ccc(Cl)cc1Cl)C(=O)CN(c1cc([N+](=O)[O-])ccc1OC)S(C)(=O)=O. The third kappa shape index (κ3) is 7.21. The van der Waals surface area contributed by atoms with Gasteiger partial charge in [-0.2, -0.15) is 0 Å². The van der Waals surface area contributed by atoms with Crippen molar-refractivity contribution in [2.45, 2.75) is 26.4 Å². The molecule has 0 heterocycles. The maximum Gasteiger partial charge on any atom is 0.271 e. The monoisotopic (exact) mass is 560 g/mol. The van der Waals surface area contributed by atoms with Crippen molar-refractivity contribution in [2.75, 3.05) is 30.8 Å². The van der Waals surface area contributed by atoms with Gasteiger partial charge in [0, 0.05) is 35.3 Å². The molecule has 1 atom stereocenters.